The first-order chi connectivity index (χ1) is 14.9. The second-order valence-electron chi connectivity index (χ2n) is 9.57. The van der Waals surface area contributed by atoms with Gasteiger partial charge in [-0.25, -0.2) is 4.39 Å². The summed E-state index contributed by atoms with van der Waals surface area (Å²) in [5.74, 6) is 0.576. The van der Waals surface area contributed by atoms with Crippen LogP contribution in [0.2, 0.25) is 0 Å². The van der Waals surface area contributed by atoms with Crippen LogP contribution in [0.25, 0.3) is 11.4 Å². The molecule has 0 amide bonds. The summed E-state index contributed by atoms with van der Waals surface area (Å²) in [6.45, 7) is 7.42. The van der Waals surface area contributed by atoms with Crippen LogP contribution in [-0.2, 0) is 11.2 Å². The molecule has 0 saturated carbocycles. The highest BCUT2D eigenvalue weighted by molar-refractivity contribution is 5.56. The first kappa shape index (κ1) is 22.5. The highest BCUT2D eigenvalue weighted by Crippen LogP contribution is 2.47. The zero-order valence-corrected chi connectivity index (χ0v) is 19.0. The lowest BCUT2D eigenvalue weighted by atomic mass is 9.70. The molecule has 1 aromatic carbocycles. The van der Waals surface area contributed by atoms with Crippen LogP contribution in [-0.4, -0.2) is 56.0 Å². The van der Waals surface area contributed by atoms with Gasteiger partial charge >= 0.3 is 0 Å². The molecule has 1 fully saturated rings. The first-order valence-corrected chi connectivity index (χ1v) is 10.7. The van der Waals surface area contributed by atoms with Gasteiger partial charge in [-0.1, -0.05) is 43.3 Å². The van der Waals surface area contributed by atoms with Gasteiger partial charge in [-0.15, -0.1) is 0 Å². The minimum Gasteiger partial charge on any atom is -0.381 e. The molecule has 1 aliphatic heterocycles. The predicted octanol–water partition coefficient (Wildman–Crippen LogP) is 3.37. The van der Waals surface area contributed by atoms with Gasteiger partial charge in [0, 0.05) is 36.6 Å². The maximum Gasteiger partial charge on any atom is 0.258 e. The molecule has 3 heterocycles. The van der Waals surface area contributed by atoms with Crippen LogP contribution in [0, 0.1) is 0 Å². The Hall–Kier alpha value is -2.68. The molecule has 0 unspecified atom stereocenters. The summed E-state index contributed by atoms with van der Waals surface area (Å²) in [5.41, 5.74) is -2.78. The van der Waals surface area contributed by atoms with E-state index in [9.17, 15) is 10.2 Å². The average Bonchev–Trinajstić information content (AvgIpc) is 3.23. The summed E-state index contributed by atoms with van der Waals surface area (Å²) in [4.78, 5) is 10.3. The summed E-state index contributed by atoms with van der Waals surface area (Å²) in [6, 6.07) is 9.03. The monoisotopic (exact) mass is 440 g/mol. The summed E-state index contributed by atoms with van der Waals surface area (Å²) in [6.07, 6.45) is 2.99. The minimum absolute atomic E-state index is 0.0556. The summed E-state index contributed by atoms with van der Waals surface area (Å²) >= 11 is 0. The average molecular weight is 441 g/mol. The predicted molar refractivity (Wildman–Crippen MR) is 118 cm³/mol. The minimum atomic E-state index is -1.92. The normalized spacial score (nSPS) is 18.4. The molecular weight excluding hydrogens is 411 g/mol. The molecule has 3 aromatic rings. The van der Waals surface area contributed by atoms with Gasteiger partial charge in [-0.2, -0.15) is 4.98 Å². The molecule has 2 aromatic heterocycles. The third-order valence-corrected chi connectivity index (χ3v) is 6.05. The number of rotatable bonds is 6. The highest BCUT2D eigenvalue weighted by atomic mass is 19.1. The number of nitrogens with zero attached hydrogens (tertiary/aromatic N) is 4. The van der Waals surface area contributed by atoms with E-state index in [1.54, 1.807) is 32.0 Å². The van der Waals surface area contributed by atoms with Crippen LogP contribution in [0.4, 0.5) is 4.39 Å². The Balaban J connectivity index is 1.80. The van der Waals surface area contributed by atoms with E-state index in [2.05, 4.69) is 29.0 Å². The van der Waals surface area contributed by atoms with Crippen molar-refractivity contribution in [2.75, 3.05) is 20.1 Å². The zero-order valence-electron chi connectivity index (χ0n) is 19.0. The molecule has 0 spiro atoms. The first-order valence-electron chi connectivity index (χ1n) is 10.7. The van der Waals surface area contributed by atoms with Gasteiger partial charge in [-0.3, -0.25) is 9.88 Å². The Morgan fingerprint density at radius 1 is 1.09 bits per heavy atom. The maximum atomic E-state index is 16.1. The molecule has 8 heteroatoms. The number of aromatic nitrogens is 3. The van der Waals surface area contributed by atoms with E-state index in [4.69, 9.17) is 4.52 Å². The van der Waals surface area contributed by atoms with Gasteiger partial charge in [0.25, 0.3) is 5.89 Å². The van der Waals surface area contributed by atoms with Crippen molar-refractivity contribution < 1.29 is 19.1 Å². The fourth-order valence-electron chi connectivity index (χ4n) is 4.18. The van der Waals surface area contributed by atoms with Crippen molar-refractivity contribution in [3.63, 3.8) is 0 Å². The molecule has 0 aliphatic carbocycles. The number of hydrogen-bond acceptors (Lipinski definition) is 7. The molecule has 32 heavy (non-hydrogen) atoms. The van der Waals surface area contributed by atoms with Gasteiger partial charge in [-0.05, 0) is 44.0 Å². The molecule has 7 nitrogen and oxygen atoms in total. The maximum absolute atomic E-state index is 16.1. The van der Waals surface area contributed by atoms with Gasteiger partial charge in [0.1, 0.15) is 5.60 Å². The van der Waals surface area contributed by atoms with Gasteiger partial charge in [0.15, 0.2) is 11.3 Å². The van der Waals surface area contributed by atoms with Crippen molar-refractivity contribution in [1.82, 2.24) is 20.0 Å². The lowest BCUT2D eigenvalue weighted by Crippen LogP contribution is -2.68. The van der Waals surface area contributed by atoms with E-state index < -0.39 is 16.9 Å². The molecule has 1 saturated heterocycles. The number of likely N-dealkylation sites (tertiary alicyclic amines) is 1. The van der Waals surface area contributed by atoms with Gasteiger partial charge in [0.05, 0.1) is 0 Å². The topological polar surface area (TPSA) is 95.5 Å². The lowest BCUT2D eigenvalue weighted by Gasteiger charge is -2.52. The smallest absolute Gasteiger partial charge is 0.258 e. The largest absolute Gasteiger partial charge is 0.381 e. The Kier molecular flexibility index (Phi) is 5.43. The number of pyridine rings is 1. The zero-order chi connectivity index (χ0) is 23.3. The molecule has 4 rings (SSSR count). The quantitative estimate of drug-likeness (QED) is 0.607. The lowest BCUT2D eigenvalue weighted by molar-refractivity contribution is -0.153. The van der Waals surface area contributed by atoms with Gasteiger partial charge < -0.3 is 14.7 Å². The van der Waals surface area contributed by atoms with Crippen molar-refractivity contribution >= 4 is 0 Å². The number of hydrogen-bond donors (Lipinski definition) is 2. The third-order valence-electron chi connectivity index (χ3n) is 6.05. The van der Waals surface area contributed by atoms with Crippen LogP contribution >= 0.6 is 0 Å². The molecule has 170 valence electrons. The second kappa shape index (κ2) is 7.72. The second-order valence-corrected chi connectivity index (χ2v) is 9.57. The van der Waals surface area contributed by atoms with Gasteiger partial charge in [0.2, 0.25) is 5.82 Å². The van der Waals surface area contributed by atoms with E-state index >= 15 is 4.39 Å². The highest BCUT2D eigenvalue weighted by Gasteiger charge is 2.59. The Morgan fingerprint density at radius 3 is 2.28 bits per heavy atom. The Bertz CT molecular complexity index is 1100. The van der Waals surface area contributed by atoms with Crippen molar-refractivity contribution in [2.45, 2.75) is 50.5 Å². The summed E-state index contributed by atoms with van der Waals surface area (Å²) < 4.78 is 21.3. The fourth-order valence-corrected chi connectivity index (χ4v) is 4.18. The fraction of sp³-hybridized carbons (Fsp3) is 0.458. The Morgan fingerprint density at radius 2 is 1.75 bits per heavy atom. The standard InChI is InChI=1S/C24H29FN4O3/c1-15(2)16-6-8-18(9-7-16)24(31,23(25)13-29(5)14-23)19-10-17(11-26-12-19)20-27-21(32-28-20)22(3,4)30/h6-12,15,30-31H,13-14H2,1-5H3/t24-/m0/s1. The number of halogens is 1. The molecular formula is C24H29FN4O3. The number of benzene rings is 1. The van der Waals surface area contributed by atoms with E-state index in [-0.39, 0.29) is 24.8 Å². The van der Waals surface area contributed by atoms with Crippen LogP contribution in [0.1, 0.15) is 56.2 Å². The van der Waals surface area contributed by atoms with E-state index in [0.29, 0.717) is 22.6 Å². The van der Waals surface area contributed by atoms with E-state index in [0.717, 1.165) is 5.56 Å². The number of aliphatic hydroxyl groups is 2. The molecule has 1 atom stereocenters. The van der Waals surface area contributed by atoms with E-state index in [1.807, 2.05) is 24.1 Å². The summed E-state index contributed by atoms with van der Waals surface area (Å²) in [7, 11) is 1.81. The SMILES string of the molecule is CC(C)c1ccc([C@](O)(c2cncc(-c3noc(C(C)(C)O)n3)c2)C2(F)CN(C)C2)cc1. The number of alkyl halides is 1. The molecule has 1 aliphatic rings. The van der Waals surface area contributed by atoms with Crippen molar-refractivity contribution in [1.29, 1.82) is 0 Å². The van der Waals surface area contributed by atoms with Crippen LogP contribution < -0.4 is 0 Å². The van der Waals surface area contributed by atoms with Crippen LogP contribution in [0.3, 0.4) is 0 Å². The Labute approximate surface area is 186 Å². The third kappa shape index (κ3) is 3.72. The van der Waals surface area contributed by atoms with Crippen molar-refractivity contribution in [2.24, 2.45) is 0 Å². The van der Waals surface area contributed by atoms with E-state index in [1.165, 1.54) is 12.4 Å². The molecule has 2 N–H and O–H groups in total. The summed E-state index contributed by atoms with van der Waals surface area (Å²) in [5, 5.41) is 26.0. The van der Waals surface area contributed by atoms with Crippen molar-refractivity contribution in [3.05, 3.63) is 65.3 Å². The van der Waals surface area contributed by atoms with Crippen LogP contribution in [0.5, 0.6) is 0 Å². The molecule has 0 radical (unpaired) electrons. The van der Waals surface area contributed by atoms with Crippen LogP contribution in [0.15, 0.2) is 47.2 Å². The van der Waals surface area contributed by atoms with Crippen molar-refractivity contribution in [3.8, 4) is 11.4 Å². The molecule has 0 bridgehead atoms.